The predicted molar refractivity (Wildman–Crippen MR) is 169 cm³/mol. The van der Waals surface area contributed by atoms with E-state index in [1.54, 1.807) is 0 Å². The van der Waals surface area contributed by atoms with Gasteiger partial charge in [-0.25, -0.2) is 9.78 Å². The van der Waals surface area contributed by atoms with Crippen molar-refractivity contribution in [3.05, 3.63) is 131 Å². The molecule has 0 saturated heterocycles. The van der Waals surface area contributed by atoms with E-state index in [1.807, 2.05) is 48.5 Å². The van der Waals surface area contributed by atoms with E-state index in [-0.39, 0.29) is 0 Å². The fourth-order valence-electron chi connectivity index (χ4n) is 5.80. The standard InChI is InChI=1S/C36H29N3O2/c1-3-23-15-18-29-24(21-23)16-20-31-34(29)38-35(37-31)33-28(4-2)30-19-17-27(22-32(30)41-36(33)40)39(25-11-7-5-8-12-25)26-13-9-6-10-14-26/h5-22H,3-4H2,1-2H3,(H,37,38). The van der Waals surface area contributed by atoms with Crippen LogP contribution in [0.25, 0.3) is 44.2 Å². The molecule has 0 unspecified atom stereocenters. The Hall–Kier alpha value is -5.16. The molecule has 2 aromatic heterocycles. The topological polar surface area (TPSA) is 62.1 Å². The molecule has 5 nitrogen and oxygen atoms in total. The lowest BCUT2D eigenvalue weighted by molar-refractivity contribution is 0.561. The van der Waals surface area contributed by atoms with Gasteiger partial charge in [-0.1, -0.05) is 74.5 Å². The van der Waals surface area contributed by atoms with Crippen LogP contribution in [0, 0.1) is 0 Å². The highest BCUT2D eigenvalue weighted by Gasteiger charge is 2.21. The third-order valence-corrected chi connectivity index (χ3v) is 7.82. The number of anilines is 3. The van der Waals surface area contributed by atoms with Gasteiger partial charge in [-0.2, -0.15) is 0 Å². The van der Waals surface area contributed by atoms with Gasteiger partial charge in [-0.15, -0.1) is 0 Å². The van der Waals surface area contributed by atoms with Gasteiger partial charge < -0.3 is 14.3 Å². The summed E-state index contributed by atoms with van der Waals surface area (Å²) in [5.74, 6) is 0.541. The first-order valence-corrected chi connectivity index (χ1v) is 14.1. The lowest BCUT2D eigenvalue weighted by Gasteiger charge is -2.25. The van der Waals surface area contributed by atoms with Crippen LogP contribution in [0.15, 0.2) is 118 Å². The molecule has 0 atom stereocenters. The van der Waals surface area contributed by atoms with E-state index in [9.17, 15) is 4.79 Å². The van der Waals surface area contributed by atoms with Gasteiger partial charge in [0.1, 0.15) is 17.0 Å². The van der Waals surface area contributed by atoms with E-state index in [4.69, 9.17) is 9.40 Å². The zero-order valence-corrected chi connectivity index (χ0v) is 23.0. The fraction of sp³-hybridized carbons (Fsp3) is 0.111. The quantitative estimate of drug-likeness (QED) is 0.216. The Bertz CT molecular complexity index is 2050. The summed E-state index contributed by atoms with van der Waals surface area (Å²) >= 11 is 0. The molecule has 0 saturated carbocycles. The number of rotatable bonds is 6. The van der Waals surface area contributed by atoms with E-state index in [0.29, 0.717) is 23.4 Å². The number of imidazole rings is 1. The zero-order chi connectivity index (χ0) is 27.9. The Labute approximate surface area is 237 Å². The van der Waals surface area contributed by atoms with Crippen molar-refractivity contribution in [2.45, 2.75) is 26.7 Å². The molecular weight excluding hydrogens is 506 g/mol. The van der Waals surface area contributed by atoms with Crippen LogP contribution in [0.5, 0.6) is 0 Å². The third-order valence-electron chi connectivity index (χ3n) is 7.82. The number of nitrogens with one attached hydrogen (secondary N) is 1. The van der Waals surface area contributed by atoms with Gasteiger partial charge in [0, 0.05) is 33.9 Å². The molecule has 2 heterocycles. The summed E-state index contributed by atoms with van der Waals surface area (Å²) in [5, 5.41) is 3.15. The van der Waals surface area contributed by atoms with Crippen LogP contribution < -0.4 is 10.5 Å². The van der Waals surface area contributed by atoms with Crippen LogP contribution >= 0.6 is 0 Å². The number of aromatic amines is 1. The van der Waals surface area contributed by atoms with E-state index < -0.39 is 5.63 Å². The molecule has 0 bridgehead atoms. The first-order chi connectivity index (χ1) is 20.1. The number of aryl methyl sites for hydroxylation is 2. The molecule has 0 amide bonds. The normalized spacial score (nSPS) is 11.5. The largest absolute Gasteiger partial charge is 0.422 e. The minimum atomic E-state index is -0.394. The highest BCUT2D eigenvalue weighted by Crippen LogP contribution is 2.37. The van der Waals surface area contributed by atoms with Crippen LogP contribution in [-0.4, -0.2) is 9.97 Å². The minimum absolute atomic E-state index is 0.394. The minimum Gasteiger partial charge on any atom is -0.422 e. The van der Waals surface area contributed by atoms with Crippen molar-refractivity contribution in [2.24, 2.45) is 0 Å². The summed E-state index contributed by atoms with van der Waals surface area (Å²) in [6.07, 6.45) is 1.64. The number of hydrogen-bond acceptors (Lipinski definition) is 4. The van der Waals surface area contributed by atoms with E-state index in [0.717, 1.165) is 56.2 Å². The van der Waals surface area contributed by atoms with E-state index >= 15 is 0 Å². The Kier molecular flexibility index (Phi) is 6.12. The van der Waals surface area contributed by atoms with Gasteiger partial charge >= 0.3 is 5.63 Å². The molecule has 5 heteroatoms. The van der Waals surface area contributed by atoms with Crippen molar-refractivity contribution < 1.29 is 4.42 Å². The summed E-state index contributed by atoms with van der Waals surface area (Å²) < 4.78 is 6.02. The smallest absolute Gasteiger partial charge is 0.347 e. The highest BCUT2D eigenvalue weighted by atomic mass is 16.4. The van der Waals surface area contributed by atoms with Gasteiger partial charge in [0.05, 0.1) is 11.0 Å². The Morgan fingerprint density at radius 3 is 2.12 bits per heavy atom. The molecular formula is C36H29N3O2. The lowest BCUT2D eigenvalue weighted by Crippen LogP contribution is -2.11. The van der Waals surface area contributed by atoms with E-state index in [1.165, 1.54) is 5.56 Å². The zero-order valence-electron chi connectivity index (χ0n) is 23.0. The van der Waals surface area contributed by atoms with Crippen molar-refractivity contribution in [3.8, 4) is 11.4 Å². The molecule has 5 aromatic carbocycles. The van der Waals surface area contributed by atoms with Gasteiger partial charge in [0.25, 0.3) is 0 Å². The first kappa shape index (κ1) is 24.9. The summed E-state index contributed by atoms with van der Waals surface area (Å²) in [6, 6.07) is 37.1. The summed E-state index contributed by atoms with van der Waals surface area (Å²) in [5.41, 5.74) is 7.57. The molecule has 0 radical (unpaired) electrons. The molecule has 0 aliphatic rings. The Morgan fingerprint density at radius 2 is 1.44 bits per heavy atom. The van der Waals surface area contributed by atoms with Crippen LogP contribution in [0.4, 0.5) is 17.1 Å². The molecule has 0 aliphatic heterocycles. The first-order valence-electron chi connectivity index (χ1n) is 14.1. The Balaban J connectivity index is 1.39. The van der Waals surface area contributed by atoms with Gasteiger partial charge in [0.2, 0.25) is 0 Å². The van der Waals surface area contributed by atoms with Gasteiger partial charge in [0.15, 0.2) is 0 Å². The van der Waals surface area contributed by atoms with Crippen molar-refractivity contribution >= 4 is 49.8 Å². The Morgan fingerprint density at radius 1 is 0.732 bits per heavy atom. The summed E-state index contributed by atoms with van der Waals surface area (Å²) in [7, 11) is 0. The molecule has 0 spiro atoms. The second-order valence-electron chi connectivity index (χ2n) is 10.2. The van der Waals surface area contributed by atoms with Gasteiger partial charge in [-0.3, -0.25) is 0 Å². The molecule has 1 N–H and O–H groups in total. The average molecular weight is 536 g/mol. The van der Waals surface area contributed by atoms with Crippen molar-refractivity contribution in [3.63, 3.8) is 0 Å². The maximum absolute atomic E-state index is 13.6. The summed E-state index contributed by atoms with van der Waals surface area (Å²) in [6.45, 7) is 4.22. The molecule has 200 valence electrons. The van der Waals surface area contributed by atoms with E-state index in [2.05, 4.69) is 84.4 Å². The van der Waals surface area contributed by atoms with Crippen LogP contribution in [0.3, 0.4) is 0 Å². The van der Waals surface area contributed by atoms with Crippen molar-refractivity contribution in [1.29, 1.82) is 0 Å². The number of fused-ring (bicyclic) bond motifs is 4. The predicted octanol–water partition coefficient (Wildman–Crippen LogP) is 9.08. The fourth-order valence-corrected chi connectivity index (χ4v) is 5.80. The molecule has 41 heavy (non-hydrogen) atoms. The molecule has 0 fully saturated rings. The molecule has 0 aliphatic carbocycles. The lowest BCUT2D eigenvalue weighted by atomic mass is 10.0. The molecule has 7 rings (SSSR count). The van der Waals surface area contributed by atoms with Crippen LogP contribution in [0.1, 0.15) is 25.0 Å². The second-order valence-corrected chi connectivity index (χ2v) is 10.2. The monoisotopic (exact) mass is 535 g/mol. The van der Waals surface area contributed by atoms with Crippen LogP contribution in [-0.2, 0) is 12.8 Å². The van der Waals surface area contributed by atoms with Crippen molar-refractivity contribution in [2.75, 3.05) is 4.90 Å². The average Bonchev–Trinajstić information content (AvgIpc) is 3.45. The van der Waals surface area contributed by atoms with Gasteiger partial charge in [-0.05, 0) is 71.8 Å². The number of H-pyrrole nitrogens is 1. The third kappa shape index (κ3) is 4.27. The number of aromatic nitrogens is 2. The number of para-hydroxylation sites is 2. The highest BCUT2D eigenvalue weighted by molar-refractivity contribution is 6.05. The molecule has 7 aromatic rings. The van der Waals surface area contributed by atoms with Crippen LogP contribution in [0.2, 0.25) is 0 Å². The maximum Gasteiger partial charge on any atom is 0.347 e. The maximum atomic E-state index is 13.6. The second kappa shape index (κ2) is 10.1. The number of benzene rings is 5. The van der Waals surface area contributed by atoms with Crippen molar-refractivity contribution in [1.82, 2.24) is 9.97 Å². The number of hydrogen-bond donors (Lipinski definition) is 1. The SMILES string of the molecule is CCc1ccc2c(ccc3nc(-c4c(CC)c5ccc(N(c6ccccc6)c6ccccc6)cc5oc4=O)[nH]c32)c1. The number of nitrogens with zero attached hydrogens (tertiary/aromatic N) is 2. The summed E-state index contributed by atoms with van der Waals surface area (Å²) in [4.78, 5) is 24.1.